The van der Waals surface area contributed by atoms with Crippen LogP contribution in [-0.4, -0.2) is 66.7 Å². The van der Waals surface area contributed by atoms with Crippen molar-refractivity contribution in [3.05, 3.63) is 17.0 Å². The molecule has 1 aromatic rings. The van der Waals surface area contributed by atoms with E-state index in [9.17, 15) is 13.6 Å². The van der Waals surface area contributed by atoms with Crippen LogP contribution in [-0.2, 0) is 16.1 Å². The lowest BCUT2D eigenvalue weighted by molar-refractivity contribution is -0.155. The first kappa shape index (κ1) is 18.3. The SMILES string of the molecule is COCCN1CC[C@]2(CN(Cc3c(C)noc3C)CC(F)(F)C2)C1=O. The number of ether oxygens (including phenoxy) is 1. The average Bonchev–Trinajstić information content (AvgIpc) is 2.99. The van der Waals surface area contributed by atoms with Gasteiger partial charge in [0.25, 0.3) is 5.92 Å². The Hall–Kier alpha value is -1.54. The zero-order valence-electron chi connectivity index (χ0n) is 15.0. The maximum absolute atomic E-state index is 14.5. The van der Waals surface area contributed by atoms with Gasteiger partial charge in [-0.2, -0.15) is 0 Å². The molecule has 1 aromatic heterocycles. The minimum absolute atomic E-state index is 0.173. The first-order chi connectivity index (χ1) is 11.8. The molecular weight excluding hydrogens is 332 g/mol. The molecule has 0 N–H and O–H groups in total. The molecule has 2 aliphatic rings. The van der Waals surface area contributed by atoms with Crippen LogP contribution in [0.25, 0.3) is 0 Å². The Kier molecular flexibility index (Phi) is 4.85. The first-order valence-corrected chi connectivity index (χ1v) is 8.57. The van der Waals surface area contributed by atoms with E-state index in [1.54, 1.807) is 30.8 Å². The van der Waals surface area contributed by atoms with Gasteiger partial charge in [-0.1, -0.05) is 5.16 Å². The van der Waals surface area contributed by atoms with Crippen LogP contribution in [0.1, 0.15) is 29.9 Å². The van der Waals surface area contributed by atoms with E-state index in [0.717, 1.165) is 5.56 Å². The van der Waals surface area contributed by atoms with Crippen molar-refractivity contribution in [3.63, 3.8) is 0 Å². The predicted octanol–water partition coefficient (Wildman–Crippen LogP) is 2.00. The monoisotopic (exact) mass is 357 g/mol. The molecule has 0 aliphatic carbocycles. The minimum Gasteiger partial charge on any atom is -0.383 e. The van der Waals surface area contributed by atoms with Gasteiger partial charge >= 0.3 is 0 Å². The normalized spacial score (nSPS) is 26.8. The smallest absolute Gasteiger partial charge is 0.261 e. The number of alkyl halides is 2. The zero-order valence-corrected chi connectivity index (χ0v) is 15.0. The highest BCUT2D eigenvalue weighted by molar-refractivity contribution is 5.85. The molecule has 0 radical (unpaired) electrons. The summed E-state index contributed by atoms with van der Waals surface area (Å²) >= 11 is 0. The number of carbonyl (C=O) groups excluding carboxylic acids is 1. The number of amides is 1. The lowest BCUT2D eigenvalue weighted by atomic mass is 9.77. The summed E-state index contributed by atoms with van der Waals surface area (Å²) in [7, 11) is 1.57. The van der Waals surface area contributed by atoms with Crippen LogP contribution in [0.4, 0.5) is 8.78 Å². The highest BCUT2D eigenvalue weighted by Gasteiger charge is 2.56. The van der Waals surface area contributed by atoms with Crippen LogP contribution >= 0.6 is 0 Å². The van der Waals surface area contributed by atoms with Gasteiger partial charge in [0, 0.05) is 45.3 Å². The van der Waals surface area contributed by atoms with Crippen molar-refractivity contribution in [3.8, 4) is 0 Å². The fourth-order valence-corrected chi connectivity index (χ4v) is 4.10. The quantitative estimate of drug-likeness (QED) is 0.807. The summed E-state index contributed by atoms with van der Waals surface area (Å²) in [5.41, 5.74) is 0.531. The number of methoxy groups -OCH3 is 1. The van der Waals surface area contributed by atoms with E-state index in [4.69, 9.17) is 9.26 Å². The van der Waals surface area contributed by atoms with Crippen LogP contribution in [0.5, 0.6) is 0 Å². The Bertz CT molecular complexity index is 630. The predicted molar refractivity (Wildman–Crippen MR) is 86.3 cm³/mol. The molecule has 0 bridgehead atoms. The molecule has 1 atom stereocenters. The molecule has 140 valence electrons. The van der Waals surface area contributed by atoms with Gasteiger partial charge in [-0.15, -0.1) is 0 Å². The molecule has 8 heteroatoms. The Morgan fingerprint density at radius 1 is 1.32 bits per heavy atom. The average molecular weight is 357 g/mol. The summed E-state index contributed by atoms with van der Waals surface area (Å²) in [6.07, 6.45) is 0.0870. The molecule has 25 heavy (non-hydrogen) atoms. The van der Waals surface area contributed by atoms with Gasteiger partial charge in [0.05, 0.1) is 24.3 Å². The third-order valence-corrected chi connectivity index (χ3v) is 5.31. The lowest BCUT2D eigenvalue weighted by Gasteiger charge is -2.42. The standard InChI is InChI=1S/C17H25F2N3O3/c1-12-14(13(2)25-20-12)8-21-10-16(9-17(18,19)11-21)4-5-22(15(16)23)6-7-24-3/h4-11H2,1-3H3/t16-/m0/s1. The Balaban J connectivity index is 1.78. The number of nitrogens with zero attached hydrogens (tertiary/aromatic N) is 3. The highest BCUT2D eigenvalue weighted by Crippen LogP contribution is 2.46. The van der Waals surface area contributed by atoms with E-state index in [0.29, 0.717) is 50.7 Å². The minimum atomic E-state index is -2.88. The summed E-state index contributed by atoms with van der Waals surface area (Å²) in [6.45, 7) is 5.28. The number of hydrogen-bond donors (Lipinski definition) is 0. The van der Waals surface area contributed by atoms with Gasteiger partial charge in [-0.3, -0.25) is 9.69 Å². The van der Waals surface area contributed by atoms with E-state index < -0.39 is 11.3 Å². The van der Waals surface area contributed by atoms with Gasteiger partial charge in [-0.05, 0) is 20.3 Å². The van der Waals surface area contributed by atoms with Crippen molar-refractivity contribution in [2.75, 3.05) is 39.9 Å². The number of rotatable bonds is 5. The maximum atomic E-state index is 14.5. The van der Waals surface area contributed by atoms with Crippen molar-refractivity contribution in [1.82, 2.24) is 15.0 Å². The Morgan fingerprint density at radius 3 is 2.72 bits per heavy atom. The maximum Gasteiger partial charge on any atom is 0.261 e. The fourth-order valence-electron chi connectivity index (χ4n) is 4.10. The van der Waals surface area contributed by atoms with Gasteiger partial charge < -0.3 is 14.2 Å². The zero-order chi connectivity index (χ0) is 18.2. The molecule has 0 saturated carbocycles. The van der Waals surface area contributed by atoms with Crippen molar-refractivity contribution in [1.29, 1.82) is 0 Å². The van der Waals surface area contributed by atoms with Crippen molar-refractivity contribution in [2.24, 2.45) is 5.41 Å². The van der Waals surface area contributed by atoms with Crippen molar-refractivity contribution in [2.45, 2.75) is 39.2 Å². The van der Waals surface area contributed by atoms with Gasteiger partial charge in [0.2, 0.25) is 5.91 Å². The summed E-state index contributed by atoms with van der Waals surface area (Å²) in [5.74, 6) is -2.42. The second kappa shape index (κ2) is 6.64. The molecule has 2 aliphatic heterocycles. The number of aromatic nitrogens is 1. The van der Waals surface area contributed by atoms with E-state index in [1.165, 1.54) is 0 Å². The third kappa shape index (κ3) is 3.55. The van der Waals surface area contributed by atoms with Crippen LogP contribution in [0.15, 0.2) is 4.52 Å². The second-order valence-electron chi connectivity index (χ2n) is 7.30. The fraction of sp³-hybridized carbons (Fsp3) is 0.765. The highest BCUT2D eigenvalue weighted by atomic mass is 19.3. The van der Waals surface area contributed by atoms with Gasteiger partial charge in [0.15, 0.2) is 0 Å². The molecule has 3 rings (SSSR count). The number of piperidine rings is 1. The number of likely N-dealkylation sites (tertiary alicyclic amines) is 2. The van der Waals surface area contributed by atoms with Crippen LogP contribution in [0.2, 0.25) is 0 Å². The van der Waals surface area contributed by atoms with Crippen molar-refractivity contribution < 1.29 is 22.8 Å². The van der Waals surface area contributed by atoms with Crippen LogP contribution in [0.3, 0.4) is 0 Å². The van der Waals surface area contributed by atoms with E-state index >= 15 is 0 Å². The molecule has 0 unspecified atom stereocenters. The molecule has 1 amide bonds. The second-order valence-corrected chi connectivity index (χ2v) is 7.30. The number of aryl methyl sites for hydroxylation is 2. The molecule has 2 fully saturated rings. The topological polar surface area (TPSA) is 58.8 Å². The number of carbonyl (C=O) groups is 1. The third-order valence-electron chi connectivity index (χ3n) is 5.31. The van der Waals surface area contributed by atoms with Crippen LogP contribution in [0, 0.1) is 19.3 Å². The van der Waals surface area contributed by atoms with Gasteiger partial charge in [-0.25, -0.2) is 8.78 Å². The Labute approximate surface area is 146 Å². The van der Waals surface area contributed by atoms with E-state index in [1.807, 2.05) is 0 Å². The van der Waals surface area contributed by atoms with E-state index in [-0.39, 0.29) is 18.9 Å². The Morgan fingerprint density at radius 2 is 2.08 bits per heavy atom. The molecule has 3 heterocycles. The van der Waals surface area contributed by atoms with Gasteiger partial charge in [0.1, 0.15) is 5.76 Å². The summed E-state index contributed by atoms with van der Waals surface area (Å²) < 4.78 is 39.1. The van der Waals surface area contributed by atoms with Crippen LogP contribution < -0.4 is 0 Å². The first-order valence-electron chi connectivity index (χ1n) is 8.57. The van der Waals surface area contributed by atoms with Crippen molar-refractivity contribution >= 4 is 5.91 Å². The summed E-state index contributed by atoms with van der Waals surface area (Å²) in [6, 6.07) is 0. The lowest BCUT2D eigenvalue weighted by Crippen LogP contribution is -2.55. The molecular formula is C17H25F2N3O3. The summed E-state index contributed by atoms with van der Waals surface area (Å²) in [4.78, 5) is 16.2. The molecule has 1 spiro atoms. The number of hydrogen-bond acceptors (Lipinski definition) is 5. The van der Waals surface area contributed by atoms with E-state index in [2.05, 4.69) is 5.16 Å². The molecule has 6 nitrogen and oxygen atoms in total. The largest absolute Gasteiger partial charge is 0.383 e. The molecule has 0 aromatic carbocycles. The number of halogens is 2. The molecule has 2 saturated heterocycles. The summed E-state index contributed by atoms with van der Waals surface area (Å²) in [5, 5.41) is 3.89.